The number of thiol groups is 1. The molecule has 0 nitrogen and oxygen atoms in total. The van der Waals surface area contributed by atoms with Crippen molar-refractivity contribution in [2.45, 2.75) is 25.3 Å². The maximum absolute atomic E-state index is 12.0. The molecular formula is C4H9FS2. The van der Waals surface area contributed by atoms with Gasteiger partial charge in [-0.3, -0.25) is 0 Å². The average molecular weight is 140 g/mol. The summed E-state index contributed by atoms with van der Waals surface area (Å²) in [4.78, 5) is 0. The first-order chi connectivity index (χ1) is 3.31. The van der Waals surface area contributed by atoms with Crippen LogP contribution in [0.3, 0.4) is 0 Å². The minimum atomic E-state index is -0.770. The van der Waals surface area contributed by atoms with Gasteiger partial charge in [0.25, 0.3) is 0 Å². The van der Waals surface area contributed by atoms with Gasteiger partial charge in [0.05, 0.1) is 0 Å². The summed E-state index contributed by atoms with van der Waals surface area (Å²) in [6.45, 7) is 1.95. The van der Waals surface area contributed by atoms with E-state index in [1.54, 1.807) is 0 Å². The Morgan fingerprint density at radius 2 is 2.43 bits per heavy atom. The molecule has 0 saturated heterocycles. The fourth-order valence-corrected chi connectivity index (χ4v) is 0.937. The molecule has 0 fully saturated rings. The average Bonchev–Trinajstić information content (AvgIpc) is 1.68. The van der Waals surface area contributed by atoms with Gasteiger partial charge in [-0.15, -0.1) is 11.7 Å². The molecule has 44 valence electrons. The summed E-state index contributed by atoms with van der Waals surface area (Å²) in [5.74, 6) is 0. The number of halogens is 1. The molecule has 0 saturated carbocycles. The van der Waals surface area contributed by atoms with E-state index in [0.29, 0.717) is 6.42 Å². The predicted octanol–water partition coefficient (Wildman–Crippen LogP) is 2.66. The molecule has 0 aliphatic heterocycles. The summed E-state index contributed by atoms with van der Waals surface area (Å²) >= 11 is 3.69. The Labute approximate surface area is 52.7 Å². The number of rotatable bonds is 3. The van der Waals surface area contributed by atoms with Crippen molar-refractivity contribution in [3.8, 4) is 0 Å². The molecule has 0 aromatic heterocycles. The minimum Gasteiger partial charge on any atom is -0.235 e. The van der Waals surface area contributed by atoms with E-state index in [9.17, 15) is 4.39 Å². The number of hydrogen-bond donors (Lipinski definition) is 1. The van der Waals surface area contributed by atoms with E-state index in [4.69, 9.17) is 0 Å². The van der Waals surface area contributed by atoms with Gasteiger partial charge in [0.1, 0.15) is 0 Å². The quantitative estimate of drug-likeness (QED) is 0.464. The van der Waals surface area contributed by atoms with E-state index in [0.717, 1.165) is 17.2 Å². The molecule has 3 heteroatoms. The highest BCUT2D eigenvalue weighted by atomic mass is 33.1. The normalized spacial score (nSPS) is 14.1. The van der Waals surface area contributed by atoms with Crippen molar-refractivity contribution in [1.29, 1.82) is 0 Å². The van der Waals surface area contributed by atoms with Gasteiger partial charge in [-0.05, 0) is 6.42 Å². The monoisotopic (exact) mass is 140 g/mol. The second kappa shape index (κ2) is 4.78. The van der Waals surface area contributed by atoms with Crippen molar-refractivity contribution in [3.05, 3.63) is 0 Å². The molecule has 7 heavy (non-hydrogen) atoms. The topological polar surface area (TPSA) is 0 Å². The molecule has 0 N–H and O–H groups in total. The largest absolute Gasteiger partial charge is 0.235 e. The van der Waals surface area contributed by atoms with Crippen molar-refractivity contribution in [1.82, 2.24) is 0 Å². The zero-order valence-corrected chi connectivity index (χ0v) is 5.94. The Morgan fingerprint density at radius 3 is 2.57 bits per heavy atom. The van der Waals surface area contributed by atoms with Gasteiger partial charge in [0.15, 0.2) is 5.50 Å². The van der Waals surface area contributed by atoms with E-state index < -0.39 is 5.50 Å². The fraction of sp³-hybridized carbons (Fsp3) is 1.00. The van der Waals surface area contributed by atoms with Crippen LogP contribution < -0.4 is 0 Å². The van der Waals surface area contributed by atoms with Crippen LogP contribution in [-0.2, 0) is 0 Å². The summed E-state index contributed by atoms with van der Waals surface area (Å²) in [5.41, 5.74) is -0.770. The molecule has 0 aliphatic rings. The molecule has 0 aromatic carbocycles. The van der Waals surface area contributed by atoms with Crippen LogP contribution in [0.5, 0.6) is 0 Å². The molecule has 0 bridgehead atoms. The highest BCUT2D eigenvalue weighted by molar-refractivity contribution is 8.68. The first-order valence-electron chi connectivity index (χ1n) is 2.25. The second-order valence-electron chi connectivity index (χ2n) is 1.30. The van der Waals surface area contributed by atoms with Gasteiger partial charge in [-0.1, -0.05) is 24.1 Å². The first kappa shape index (κ1) is 7.63. The van der Waals surface area contributed by atoms with Crippen LogP contribution in [0, 0.1) is 0 Å². The molecule has 1 unspecified atom stereocenters. The number of alkyl halides is 1. The Hall–Kier alpha value is 0.630. The van der Waals surface area contributed by atoms with Gasteiger partial charge in [0.2, 0.25) is 0 Å². The van der Waals surface area contributed by atoms with Crippen LogP contribution in [0.1, 0.15) is 19.8 Å². The maximum Gasteiger partial charge on any atom is 0.155 e. The Kier molecular flexibility index (Phi) is 5.21. The lowest BCUT2D eigenvalue weighted by molar-refractivity contribution is 0.428. The Balaban J connectivity index is 2.83. The Morgan fingerprint density at radius 1 is 1.86 bits per heavy atom. The zero-order valence-electron chi connectivity index (χ0n) is 4.22. The fourth-order valence-electron chi connectivity index (χ4n) is 0.280. The summed E-state index contributed by atoms with van der Waals surface area (Å²) in [7, 11) is 0.977. The van der Waals surface area contributed by atoms with E-state index in [2.05, 4.69) is 11.7 Å². The molecular weight excluding hydrogens is 131 g/mol. The van der Waals surface area contributed by atoms with Gasteiger partial charge in [-0.25, -0.2) is 4.39 Å². The summed E-state index contributed by atoms with van der Waals surface area (Å²) < 4.78 is 12.0. The summed E-state index contributed by atoms with van der Waals surface area (Å²) in [6, 6.07) is 0. The molecule has 0 amide bonds. The summed E-state index contributed by atoms with van der Waals surface area (Å²) in [6.07, 6.45) is 1.52. The highest BCUT2D eigenvalue weighted by Gasteiger charge is 1.99. The van der Waals surface area contributed by atoms with Gasteiger partial charge < -0.3 is 0 Å². The lowest BCUT2D eigenvalue weighted by Crippen LogP contribution is -1.86. The third-order valence-corrected chi connectivity index (χ3v) is 1.78. The summed E-state index contributed by atoms with van der Waals surface area (Å²) in [5, 5.41) is 0. The van der Waals surface area contributed by atoms with Crippen molar-refractivity contribution in [2.24, 2.45) is 0 Å². The van der Waals surface area contributed by atoms with Crippen LogP contribution in [-0.4, -0.2) is 5.50 Å². The van der Waals surface area contributed by atoms with Crippen molar-refractivity contribution >= 4 is 22.5 Å². The third-order valence-electron chi connectivity index (χ3n) is 0.630. The van der Waals surface area contributed by atoms with Crippen molar-refractivity contribution in [2.75, 3.05) is 0 Å². The molecule has 0 rings (SSSR count). The van der Waals surface area contributed by atoms with E-state index in [1.165, 1.54) is 0 Å². The number of hydrogen-bond acceptors (Lipinski definition) is 2. The standard InChI is InChI=1S/C4H9FS2/c1-2-3-4(5)7-6/h4,6H,2-3H2,1H3. The van der Waals surface area contributed by atoms with Crippen LogP contribution in [0.2, 0.25) is 0 Å². The molecule has 0 heterocycles. The molecule has 0 spiro atoms. The van der Waals surface area contributed by atoms with Crippen molar-refractivity contribution < 1.29 is 4.39 Å². The SMILES string of the molecule is CCCC(F)SS. The molecule has 0 aromatic rings. The van der Waals surface area contributed by atoms with E-state index >= 15 is 0 Å². The first-order valence-corrected chi connectivity index (χ1v) is 4.18. The van der Waals surface area contributed by atoms with Gasteiger partial charge in [-0.2, -0.15) is 0 Å². The van der Waals surface area contributed by atoms with Crippen LogP contribution in [0.15, 0.2) is 0 Å². The van der Waals surface area contributed by atoms with Gasteiger partial charge in [0, 0.05) is 0 Å². The zero-order chi connectivity index (χ0) is 5.70. The van der Waals surface area contributed by atoms with Gasteiger partial charge >= 0.3 is 0 Å². The van der Waals surface area contributed by atoms with Crippen molar-refractivity contribution in [3.63, 3.8) is 0 Å². The lowest BCUT2D eigenvalue weighted by atomic mass is 10.4. The third kappa shape index (κ3) is 4.48. The van der Waals surface area contributed by atoms with E-state index in [1.807, 2.05) is 6.92 Å². The second-order valence-corrected chi connectivity index (χ2v) is 2.66. The highest BCUT2D eigenvalue weighted by Crippen LogP contribution is 2.19. The minimum absolute atomic E-state index is 0.619. The predicted molar refractivity (Wildman–Crippen MR) is 36.4 cm³/mol. The molecule has 0 aliphatic carbocycles. The maximum atomic E-state index is 12.0. The van der Waals surface area contributed by atoms with E-state index in [-0.39, 0.29) is 0 Å². The molecule has 1 atom stereocenters. The lowest BCUT2D eigenvalue weighted by Gasteiger charge is -1.96. The smallest absolute Gasteiger partial charge is 0.155 e. The molecule has 0 radical (unpaired) electrons. The van der Waals surface area contributed by atoms with Crippen LogP contribution in [0.4, 0.5) is 4.39 Å². The van der Waals surface area contributed by atoms with Crippen LogP contribution in [0.25, 0.3) is 0 Å². The Bertz CT molecular complexity index is 40.7. The van der Waals surface area contributed by atoms with Crippen LogP contribution >= 0.6 is 22.5 Å².